The monoisotopic (exact) mass is 148 g/mol. The van der Waals surface area contributed by atoms with Crippen LogP contribution in [0.5, 0.6) is 0 Å². The number of carbonyl (C=O) groups excluding carboxylic acids is 1. The molecular formula is C5H8OS2. The fourth-order valence-electron chi connectivity index (χ4n) is 0.337. The van der Waals surface area contributed by atoms with Gasteiger partial charge in [-0.2, -0.15) is 0 Å². The minimum Gasteiger partial charge on any atom is -0.288 e. The second-order valence-corrected chi connectivity index (χ2v) is 2.28. The molecule has 8 heavy (non-hydrogen) atoms. The van der Waals surface area contributed by atoms with Gasteiger partial charge in [0, 0.05) is 6.42 Å². The SMILES string of the molecule is O=C(S)CCCC=S. The average Bonchev–Trinajstić information content (AvgIpc) is 1.66. The van der Waals surface area contributed by atoms with Crippen molar-refractivity contribution in [3.05, 3.63) is 0 Å². The predicted molar refractivity (Wildman–Crippen MR) is 41.5 cm³/mol. The van der Waals surface area contributed by atoms with Crippen LogP contribution >= 0.6 is 24.8 Å². The maximum Gasteiger partial charge on any atom is 0.185 e. The zero-order valence-electron chi connectivity index (χ0n) is 4.46. The van der Waals surface area contributed by atoms with E-state index in [2.05, 4.69) is 24.8 Å². The summed E-state index contributed by atoms with van der Waals surface area (Å²) in [6, 6.07) is 0. The molecule has 0 radical (unpaired) electrons. The molecule has 0 atom stereocenters. The first-order valence-corrected chi connectivity index (χ1v) is 3.34. The van der Waals surface area contributed by atoms with Crippen molar-refractivity contribution in [2.45, 2.75) is 19.3 Å². The fraction of sp³-hybridized carbons (Fsp3) is 0.600. The molecule has 0 fully saturated rings. The summed E-state index contributed by atoms with van der Waals surface area (Å²) in [4.78, 5) is 10.1. The van der Waals surface area contributed by atoms with E-state index in [4.69, 9.17) is 0 Å². The summed E-state index contributed by atoms with van der Waals surface area (Å²) < 4.78 is 0. The molecule has 0 rings (SSSR count). The lowest BCUT2D eigenvalue weighted by Gasteiger charge is -1.86. The smallest absolute Gasteiger partial charge is 0.185 e. The summed E-state index contributed by atoms with van der Waals surface area (Å²) in [7, 11) is 0. The number of rotatable bonds is 4. The van der Waals surface area contributed by atoms with E-state index in [1.54, 1.807) is 5.37 Å². The van der Waals surface area contributed by atoms with Crippen LogP contribution in [0.3, 0.4) is 0 Å². The Balaban J connectivity index is 2.93. The molecule has 0 amide bonds. The molecule has 0 bridgehead atoms. The third-order valence-corrected chi connectivity index (χ3v) is 1.17. The van der Waals surface area contributed by atoms with Gasteiger partial charge < -0.3 is 0 Å². The van der Waals surface area contributed by atoms with Crippen molar-refractivity contribution < 1.29 is 4.79 Å². The van der Waals surface area contributed by atoms with Crippen molar-refractivity contribution in [3.63, 3.8) is 0 Å². The van der Waals surface area contributed by atoms with Crippen molar-refractivity contribution in [1.29, 1.82) is 0 Å². The van der Waals surface area contributed by atoms with Gasteiger partial charge in [-0.25, -0.2) is 0 Å². The van der Waals surface area contributed by atoms with E-state index in [9.17, 15) is 4.79 Å². The molecule has 0 heterocycles. The number of thiocarbonyl (C=S) groups is 1. The molecule has 0 aliphatic heterocycles. The summed E-state index contributed by atoms with van der Waals surface area (Å²) in [5.41, 5.74) is 0. The molecule has 0 aromatic carbocycles. The van der Waals surface area contributed by atoms with Crippen LogP contribution in [0.15, 0.2) is 0 Å². The van der Waals surface area contributed by atoms with Crippen LogP contribution < -0.4 is 0 Å². The van der Waals surface area contributed by atoms with Crippen LogP contribution in [-0.2, 0) is 4.79 Å². The van der Waals surface area contributed by atoms with Gasteiger partial charge in [-0.1, -0.05) is 12.2 Å². The van der Waals surface area contributed by atoms with E-state index >= 15 is 0 Å². The van der Waals surface area contributed by atoms with Crippen molar-refractivity contribution in [2.24, 2.45) is 0 Å². The van der Waals surface area contributed by atoms with E-state index in [1.807, 2.05) is 0 Å². The molecule has 3 heteroatoms. The Hall–Kier alpha value is 0.110. The highest BCUT2D eigenvalue weighted by molar-refractivity contribution is 7.96. The molecule has 0 aliphatic carbocycles. The maximum absolute atomic E-state index is 10.1. The Morgan fingerprint density at radius 1 is 1.75 bits per heavy atom. The van der Waals surface area contributed by atoms with Crippen LogP contribution in [0.2, 0.25) is 0 Å². The normalized spacial score (nSPS) is 8.62. The largest absolute Gasteiger partial charge is 0.288 e. The highest BCUT2D eigenvalue weighted by Gasteiger charge is 1.90. The molecule has 0 N–H and O–H groups in total. The second kappa shape index (κ2) is 5.25. The molecule has 46 valence electrons. The lowest BCUT2D eigenvalue weighted by Crippen LogP contribution is -1.84. The van der Waals surface area contributed by atoms with E-state index in [0.717, 1.165) is 12.8 Å². The second-order valence-electron chi connectivity index (χ2n) is 1.45. The quantitative estimate of drug-likeness (QED) is 0.370. The molecule has 1 nitrogen and oxygen atoms in total. The van der Waals surface area contributed by atoms with Crippen LogP contribution in [0, 0.1) is 0 Å². The Morgan fingerprint density at radius 2 is 2.38 bits per heavy atom. The molecule has 0 saturated carbocycles. The van der Waals surface area contributed by atoms with Crippen LogP contribution in [-0.4, -0.2) is 10.5 Å². The topological polar surface area (TPSA) is 17.1 Å². The first kappa shape index (κ1) is 8.11. The molecule has 0 unspecified atom stereocenters. The first-order chi connectivity index (χ1) is 3.77. The first-order valence-electron chi connectivity index (χ1n) is 2.43. The molecule has 0 aliphatic rings. The number of hydrogen-bond acceptors (Lipinski definition) is 2. The molecule has 0 aromatic rings. The summed E-state index contributed by atoms with van der Waals surface area (Å²) in [6.07, 6.45) is 2.21. The molecule has 0 aromatic heterocycles. The Bertz CT molecular complexity index is 90.4. The number of thiol groups is 1. The maximum atomic E-state index is 10.1. The highest BCUT2D eigenvalue weighted by Crippen LogP contribution is 1.95. The van der Waals surface area contributed by atoms with Crippen molar-refractivity contribution in [1.82, 2.24) is 0 Å². The minimum atomic E-state index is -0.0538. The third-order valence-electron chi connectivity index (χ3n) is 0.713. The predicted octanol–water partition coefficient (Wildman–Crippen LogP) is 1.61. The Morgan fingerprint density at radius 3 is 2.75 bits per heavy atom. The van der Waals surface area contributed by atoms with Gasteiger partial charge in [0.1, 0.15) is 0 Å². The van der Waals surface area contributed by atoms with Gasteiger partial charge in [0.25, 0.3) is 0 Å². The number of unbranched alkanes of at least 4 members (excludes halogenated alkanes) is 1. The molecule has 0 saturated heterocycles. The fourth-order valence-corrected chi connectivity index (χ4v) is 0.661. The number of carbonyl (C=O) groups is 1. The molecule has 0 spiro atoms. The van der Waals surface area contributed by atoms with Gasteiger partial charge >= 0.3 is 0 Å². The zero-order valence-corrected chi connectivity index (χ0v) is 6.17. The zero-order chi connectivity index (χ0) is 6.41. The lowest BCUT2D eigenvalue weighted by molar-refractivity contribution is -0.110. The van der Waals surface area contributed by atoms with Crippen LogP contribution in [0.25, 0.3) is 0 Å². The van der Waals surface area contributed by atoms with Gasteiger partial charge in [0.05, 0.1) is 0 Å². The summed E-state index contributed by atoms with van der Waals surface area (Å²) in [6.45, 7) is 0. The van der Waals surface area contributed by atoms with Crippen molar-refractivity contribution in [3.8, 4) is 0 Å². The minimum absolute atomic E-state index is 0.0538. The standard InChI is InChI=1S/C5H8OS2/c6-5(8)3-1-2-4-7/h4H,1-3H2,(H,6,8). The van der Waals surface area contributed by atoms with E-state index in [1.165, 1.54) is 0 Å². The number of hydrogen-bond donors (Lipinski definition) is 1. The van der Waals surface area contributed by atoms with E-state index in [-0.39, 0.29) is 5.12 Å². The third kappa shape index (κ3) is 6.11. The van der Waals surface area contributed by atoms with Gasteiger partial charge in [-0.15, -0.1) is 12.6 Å². The van der Waals surface area contributed by atoms with Crippen LogP contribution in [0.1, 0.15) is 19.3 Å². The van der Waals surface area contributed by atoms with Gasteiger partial charge in [0.15, 0.2) is 5.12 Å². The average molecular weight is 148 g/mol. The van der Waals surface area contributed by atoms with E-state index in [0.29, 0.717) is 6.42 Å². The lowest BCUT2D eigenvalue weighted by atomic mass is 10.3. The van der Waals surface area contributed by atoms with Crippen LogP contribution in [0.4, 0.5) is 0 Å². The molecular weight excluding hydrogens is 140 g/mol. The summed E-state index contributed by atoms with van der Waals surface area (Å²) >= 11 is 8.13. The van der Waals surface area contributed by atoms with Gasteiger partial charge in [-0.05, 0) is 18.2 Å². The summed E-state index contributed by atoms with van der Waals surface area (Å²) in [5, 5.41) is 1.58. The van der Waals surface area contributed by atoms with Gasteiger partial charge in [0.2, 0.25) is 0 Å². The van der Waals surface area contributed by atoms with Gasteiger partial charge in [-0.3, -0.25) is 4.79 Å². The highest BCUT2D eigenvalue weighted by atomic mass is 32.1. The summed E-state index contributed by atoms with van der Waals surface area (Å²) in [5.74, 6) is 0. The van der Waals surface area contributed by atoms with Crippen molar-refractivity contribution >= 4 is 35.3 Å². The van der Waals surface area contributed by atoms with Crippen molar-refractivity contribution in [2.75, 3.05) is 0 Å². The Labute approximate surface area is 59.9 Å². The Kier molecular flexibility index (Phi) is 5.32. The van der Waals surface area contributed by atoms with E-state index < -0.39 is 0 Å².